The van der Waals surface area contributed by atoms with Crippen LogP contribution in [-0.2, 0) is 9.47 Å². The molecule has 162 valence electrons. The molecular formula is C27H27N3O2. The Morgan fingerprint density at radius 3 is 1.78 bits per heavy atom. The number of hydrogen-bond donors (Lipinski definition) is 0. The molecule has 0 amide bonds. The number of rotatable bonds is 8. The van der Waals surface area contributed by atoms with Crippen molar-refractivity contribution in [1.29, 1.82) is 0 Å². The van der Waals surface area contributed by atoms with Gasteiger partial charge >= 0.3 is 0 Å². The minimum absolute atomic E-state index is 0.0299. The summed E-state index contributed by atoms with van der Waals surface area (Å²) in [6.07, 6.45) is 1.21. The van der Waals surface area contributed by atoms with Crippen LogP contribution in [0.3, 0.4) is 0 Å². The molecule has 0 radical (unpaired) electrons. The summed E-state index contributed by atoms with van der Waals surface area (Å²) in [5.41, 5.74) is 5.08. The number of methoxy groups -OCH3 is 1. The fraction of sp³-hybridized carbons (Fsp3) is 0.222. The molecule has 0 fully saturated rings. The second-order valence-electron chi connectivity index (χ2n) is 7.74. The van der Waals surface area contributed by atoms with Crippen LogP contribution in [0.4, 0.5) is 0 Å². The van der Waals surface area contributed by atoms with Crippen LogP contribution in [0, 0.1) is 0 Å². The van der Waals surface area contributed by atoms with Gasteiger partial charge in [-0.15, -0.1) is 0 Å². The molecule has 0 aliphatic rings. The maximum absolute atomic E-state index is 6.19. The number of aromatic nitrogens is 3. The Morgan fingerprint density at radius 2 is 1.22 bits per heavy atom. The third kappa shape index (κ3) is 5.07. The molecule has 3 aromatic heterocycles. The third-order valence-electron chi connectivity index (χ3n) is 5.04. The zero-order chi connectivity index (χ0) is 22.3. The molecule has 0 saturated heterocycles. The topological polar surface area (TPSA) is 57.1 Å². The Hall–Kier alpha value is -3.41. The quantitative estimate of drug-likeness (QED) is 0.358. The van der Waals surface area contributed by atoms with E-state index >= 15 is 0 Å². The van der Waals surface area contributed by atoms with Crippen LogP contribution in [0.15, 0.2) is 91.1 Å². The molecule has 0 bridgehead atoms. The zero-order valence-corrected chi connectivity index (χ0v) is 18.6. The van der Waals surface area contributed by atoms with Crippen molar-refractivity contribution in [1.82, 2.24) is 15.0 Å². The van der Waals surface area contributed by atoms with Gasteiger partial charge in [-0.05, 0) is 55.8 Å². The van der Waals surface area contributed by atoms with Gasteiger partial charge in [0, 0.05) is 13.3 Å². The van der Waals surface area contributed by atoms with E-state index in [-0.39, 0.29) is 18.3 Å². The number of pyridine rings is 3. The van der Waals surface area contributed by atoms with Gasteiger partial charge in [0.25, 0.3) is 0 Å². The summed E-state index contributed by atoms with van der Waals surface area (Å²) < 4.78 is 12.0. The Morgan fingerprint density at radius 1 is 0.625 bits per heavy atom. The standard InChI is InChI=1S/C27H27N3O2/c1-19(2)32-27(23-13-7-8-18-28-23)25-17-10-15-22(30-25)21-14-9-16-24(29-21)26(31-3)20-11-5-4-6-12-20/h4-19,26-27H,1-3H3. The van der Waals surface area contributed by atoms with Crippen LogP contribution in [-0.4, -0.2) is 28.2 Å². The Bertz CT molecular complexity index is 1130. The van der Waals surface area contributed by atoms with Crippen LogP contribution in [0.1, 0.15) is 48.7 Å². The van der Waals surface area contributed by atoms with Gasteiger partial charge in [0.15, 0.2) is 0 Å². The van der Waals surface area contributed by atoms with Gasteiger partial charge in [-0.1, -0.05) is 48.5 Å². The predicted molar refractivity (Wildman–Crippen MR) is 125 cm³/mol. The van der Waals surface area contributed by atoms with Crippen molar-refractivity contribution in [2.75, 3.05) is 7.11 Å². The van der Waals surface area contributed by atoms with Crippen molar-refractivity contribution < 1.29 is 9.47 Å². The first-order chi connectivity index (χ1) is 15.7. The molecule has 0 aliphatic carbocycles. The van der Waals surface area contributed by atoms with E-state index in [2.05, 4.69) is 4.98 Å². The highest BCUT2D eigenvalue weighted by molar-refractivity contribution is 5.55. The first-order valence-corrected chi connectivity index (χ1v) is 10.7. The van der Waals surface area contributed by atoms with Crippen LogP contribution < -0.4 is 0 Å². The first kappa shape index (κ1) is 21.8. The van der Waals surface area contributed by atoms with Gasteiger partial charge < -0.3 is 9.47 Å². The van der Waals surface area contributed by atoms with Crippen LogP contribution in [0.25, 0.3) is 11.4 Å². The van der Waals surface area contributed by atoms with Crippen molar-refractivity contribution >= 4 is 0 Å². The first-order valence-electron chi connectivity index (χ1n) is 10.7. The SMILES string of the molecule is COC(c1ccccc1)c1cccc(-c2cccc(C(OC(C)C)c3ccccn3)n2)n1. The molecule has 0 saturated carbocycles. The number of nitrogens with zero attached hydrogens (tertiary/aromatic N) is 3. The predicted octanol–water partition coefficient (Wildman–Crippen LogP) is 5.79. The molecule has 2 unspecified atom stereocenters. The second-order valence-corrected chi connectivity index (χ2v) is 7.74. The Labute approximate surface area is 189 Å². The molecule has 0 N–H and O–H groups in total. The normalized spacial score (nSPS) is 13.1. The Balaban J connectivity index is 1.69. The summed E-state index contributed by atoms with van der Waals surface area (Å²) in [5, 5.41) is 0. The fourth-order valence-electron chi connectivity index (χ4n) is 3.63. The lowest BCUT2D eigenvalue weighted by atomic mass is 10.1. The summed E-state index contributed by atoms with van der Waals surface area (Å²) in [6, 6.07) is 27.8. The molecular weight excluding hydrogens is 398 g/mol. The fourth-order valence-corrected chi connectivity index (χ4v) is 3.63. The maximum Gasteiger partial charge on any atom is 0.142 e. The van der Waals surface area contributed by atoms with Gasteiger partial charge in [0.05, 0.1) is 34.6 Å². The zero-order valence-electron chi connectivity index (χ0n) is 18.6. The minimum atomic E-state index is -0.352. The monoisotopic (exact) mass is 425 g/mol. The van der Waals surface area contributed by atoms with E-state index in [1.165, 1.54) is 0 Å². The van der Waals surface area contributed by atoms with E-state index in [0.717, 1.165) is 34.0 Å². The van der Waals surface area contributed by atoms with E-state index in [9.17, 15) is 0 Å². The molecule has 4 aromatic rings. The molecule has 0 spiro atoms. The maximum atomic E-state index is 6.19. The average Bonchev–Trinajstić information content (AvgIpc) is 2.84. The lowest BCUT2D eigenvalue weighted by molar-refractivity contribution is 0.0258. The molecule has 3 heterocycles. The lowest BCUT2D eigenvalue weighted by Gasteiger charge is -2.20. The molecule has 1 aromatic carbocycles. The van der Waals surface area contributed by atoms with Gasteiger partial charge in [-0.2, -0.15) is 0 Å². The minimum Gasteiger partial charge on any atom is -0.370 e. The van der Waals surface area contributed by atoms with Crippen LogP contribution >= 0.6 is 0 Å². The average molecular weight is 426 g/mol. The summed E-state index contributed by atoms with van der Waals surface area (Å²) in [4.78, 5) is 14.3. The summed E-state index contributed by atoms with van der Waals surface area (Å²) in [5.74, 6) is 0. The summed E-state index contributed by atoms with van der Waals surface area (Å²) >= 11 is 0. The molecule has 0 aliphatic heterocycles. The van der Waals surface area contributed by atoms with E-state index in [1.54, 1.807) is 13.3 Å². The number of benzene rings is 1. The number of ether oxygens (including phenoxy) is 2. The summed E-state index contributed by atoms with van der Waals surface area (Å²) in [7, 11) is 1.70. The largest absolute Gasteiger partial charge is 0.370 e. The third-order valence-corrected chi connectivity index (χ3v) is 5.04. The van der Waals surface area contributed by atoms with Crippen molar-refractivity contribution in [3.8, 4) is 11.4 Å². The van der Waals surface area contributed by atoms with E-state index in [1.807, 2.05) is 98.8 Å². The highest BCUT2D eigenvalue weighted by Crippen LogP contribution is 2.28. The van der Waals surface area contributed by atoms with Crippen molar-refractivity contribution in [3.63, 3.8) is 0 Å². The van der Waals surface area contributed by atoms with Crippen LogP contribution in [0.2, 0.25) is 0 Å². The van der Waals surface area contributed by atoms with Gasteiger partial charge in [0.2, 0.25) is 0 Å². The van der Waals surface area contributed by atoms with Gasteiger partial charge in [-0.25, -0.2) is 9.97 Å². The molecule has 5 heteroatoms. The van der Waals surface area contributed by atoms with Crippen molar-refractivity contribution in [3.05, 3.63) is 114 Å². The van der Waals surface area contributed by atoms with Crippen molar-refractivity contribution in [2.45, 2.75) is 32.2 Å². The second kappa shape index (κ2) is 10.3. The summed E-state index contributed by atoms with van der Waals surface area (Å²) in [6.45, 7) is 4.03. The van der Waals surface area contributed by atoms with E-state index in [4.69, 9.17) is 19.4 Å². The number of hydrogen-bond acceptors (Lipinski definition) is 5. The van der Waals surface area contributed by atoms with Gasteiger partial charge in [0.1, 0.15) is 12.2 Å². The lowest BCUT2D eigenvalue weighted by Crippen LogP contribution is -2.15. The van der Waals surface area contributed by atoms with E-state index < -0.39 is 0 Å². The molecule has 2 atom stereocenters. The molecule has 5 nitrogen and oxygen atoms in total. The van der Waals surface area contributed by atoms with Crippen molar-refractivity contribution in [2.24, 2.45) is 0 Å². The molecule has 4 rings (SSSR count). The molecule has 32 heavy (non-hydrogen) atoms. The van der Waals surface area contributed by atoms with Crippen LogP contribution in [0.5, 0.6) is 0 Å². The van der Waals surface area contributed by atoms with Gasteiger partial charge in [-0.3, -0.25) is 4.98 Å². The smallest absolute Gasteiger partial charge is 0.142 e. The highest BCUT2D eigenvalue weighted by Gasteiger charge is 2.20. The Kier molecular flexibility index (Phi) is 7.00. The van der Waals surface area contributed by atoms with E-state index in [0.29, 0.717) is 0 Å². The highest BCUT2D eigenvalue weighted by atomic mass is 16.5.